The van der Waals surface area contributed by atoms with Crippen molar-refractivity contribution in [2.75, 3.05) is 5.32 Å². The summed E-state index contributed by atoms with van der Waals surface area (Å²) < 4.78 is 1.84. The Morgan fingerprint density at radius 2 is 1.92 bits per heavy atom. The number of hydrogen-bond donors (Lipinski definition) is 1. The third-order valence-corrected chi connectivity index (χ3v) is 4.71. The number of amides is 1. The number of fused-ring (bicyclic) bond motifs is 1. The van der Waals surface area contributed by atoms with Gasteiger partial charge in [0, 0.05) is 12.3 Å². The molecule has 0 atom stereocenters. The molecule has 0 saturated carbocycles. The summed E-state index contributed by atoms with van der Waals surface area (Å²) in [5.41, 5.74) is 1.20. The van der Waals surface area contributed by atoms with E-state index in [0.717, 1.165) is 0 Å². The van der Waals surface area contributed by atoms with Crippen molar-refractivity contribution in [2.24, 2.45) is 0 Å². The summed E-state index contributed by atoms with van der Waals surface area (Å²) in [4.78, 5) is 12.7. The van der Waals surface area contributed by atoms with Gasteiger partial charge in [-0.05, 0) is 27.8 Å². The van der Waals surface area contributed by atoms with E-state index in [1.54, 1.807) is 6.07 Å². The monoisotopic (exact) mass is 333 g/mol. The number of rotatable bonds is 4. The highest BCUT2D eigenvalue weighted by atomic mass is 32.1. The molecule has 0 bridgehead atoms. The smallest absolute Gasteiger partial charge is 0.266 e. The zero-order valence-corrected chi connectivity index (χ0v) is 13.7. The molecule has 118 valence electrons. The van der Waals surface area contributed by atoms with Crippen LogP contribution in [0.25, 0.3) is 10.8 Å². The molecule has 1 N–H and O–H groups in total. The molecule has 0 aliphatic heterocycles. The van der Waals surface area contributed by atoms with Gasteiger partial charge >= 0.3 is 0 Å². The Balaban J connectivity index is 1.54. The van der Waals surface area contributed by atoms with Gasteiger partial charge in [0.2, 0.25) is 0 Å². The standard InChI is InChI=1S/C19H15N3OS/c23-19(17-9-4-12-24-17)20-18-10-11-22(21-18)13-15-7-3-6-14-5-1-2-8-16(14)15/h1-12H,13H2,(H,20,21,23). The summed E-state index contributed by atoms with van der Waals surface area (Å²) >= 11 is 1.41. The normalized spacial score (nSPS) is 10.8. The number of nitrogens with one attached hydrogen (secondary N) is 1. The van der Waals surface area contributed by atoms with E-state index in [1.807, 2.05) is 40.5 Å². The lowest BCUT2D eigenvalue weighted by molar-refractivity contribution is 0.103. The van der Waals surface area contributed by atoms with Crippen LogP contribution in [0.4, 0.5) is 5.82 Å². The fraction of sp³-hybridized carbons (Fsp3) is 0.0526. The van der Waals surface area contributed by atoms with Gasteiger partial charge in [-0.25, -0.2) is 0 Å². The van der Waals surface area contributed by atoms with Gasteiger partial charge in [-0.3, -0.25) is 9.48 Å². The lowest BCUT2D eigenvalue weighted by Crippen LogP contribution is -2.11. The number of carbonyl (C=O) groups excluding carboxylic acids is 1. The summed E-state index contributed by atoms with van der Waals surface area (Å²) in [6.07, 6.45) is 1.88. The van der Waals surface area contributed by atoms with Crippen molar-refractivity contribution in [1.82, 2.24) is 9.78 Å². The van der Waals surface area contributed by atoms with Crippen LogP contribution in [0.3, 0.4) is 0 Å². The number of anilines is 1. The molecule has 0 unspecified atom stereocenters. The van der Waals surface area contributed by atoms with Crippen LogP contribution in [0.2, 0.25) is 0 Å². The molecule has 0 aliphatic carbocycles. The van der Waals surface area contributed by atoms with E-state index in [9.17, 15) is 4.79 Å². The zero-order chi connectivity index (χ0) is 16.4. The Labute approximate surface area is 143 Å². The minimum absolute atomic E-state index is 0.125. The quantitative estimate of drug-likeness (QED) is 0.602. The zero-order valence-electron chi connectivity index (χ0n) is 12.8. The van der Waals surface area contributed by atoms with Gasteiger partial charge in [0.15, 0.2) is 5.82 Å². The minimum atomic E-state index is -0.125. The summed E-state index contributed by atoms with van der Waals surface area (Å²) in [5, 5.41) is 11.6. The van der Waals surface area contributed by atoms with Gasteiger partial charge in [-0.2, -0.15) is 5.10 Å². The average Bonchev–Trinajstić information content (AvgIpc) is 3.27. The molecule has 0 spiro atoms. The largest absolute Gasteiger partial charge is 0.304 e. The molecule has 2 aromatic heterocycles. The van der Waals surface area contributed by atoms with Crippen LogP contribution < -0.4 is 5.32 Å². The van der Waals surface area contributed by atoms with Gasteiger partial charge in [0.05, 0.1) is 11.4 Å². The number of thiophene rings is 1. The predicted octanol–water partition coefficient (Wildman–Crippen LogP) is 4.40. The lowest BCUT2D eigenvalue weighted by atomic mass is 10.0. The van der Waals surface area contributed by atoms with Gasteiger partial charge in [0.25, 0.3) is 5.91 Å². The Morgan fingerprint density at radius 3 is 2.79 bits per heavy atom. The Bertz CT molecular complexity index is 983. The van der Waals surface area contributed by atoms with Crippen molar-refractivity contribution in [3.63, 3.8) is 0 Å². The van der Waals surface area contributed by atoms with E-state index in [-0.39, 0.29) is 5.91 Å². The van der Waals surface area contributed by atoms with Crippen LogP contribution >= 0.6 is 11.3 Å². The highest BCUT2D eigenvalue weighted by Gasteiger charge is 2.09. The molecule has 0 radical (unpaired) electrons. The number of benzene rings is 2. The maximum atomic E-state index is 12.1. The first-order valence-electron chi connectivity index (χ1n) is 7.64. The molecule has 5 heteroatoms. The molecule has 4 nitrogen and oxygen atoms in total. The topological polar surface area (TPSA) is 46.9 Å². The van der Waals surface area contributed by atoms with E-state index in [2.05, 4.69) is 40.7 Å². The second-order valence-corrected chi connectivity index (χ2v) is 6.42. The third-order valence-electron chi connectivity index (χ3n) is 3.84. The average molecular weight is 333 g/mol. The van der Waals surface area contributed by atoms with Gasteiger partial charge in [-0.15, -0.1) is 11.3 Å². The van der Waals surface area contributed by atoms with Crippen LogP contribution in [0, 0.1) is 0 Å². The molecule has 24 heavy (non-hydrogen) atoms. The van der Waals surface area contributed by atoms with Crippen LogP contribution in [0.1, 0.15) is 15.2 Å². The maximum Gasteiger partial charge on any atom is 0.266 e. The predicted molar refractivity (Wildman–Crippen MR) is 97.5 cm³/mol. The number of nitrogens with zero attached hydrogens (tertiary/aromatic N) is 2. The molecule has 2 aromatic carbocycles. The fourth-order valence-electron chi connectivity index (χ4n) is 2.71. The SMILES string of the molecule is O=C(Nc1ccn(Cc2cccc3ccccc23)n1)c1cccs1. The summed E-state index contributed by atoms with van der Waals surface area (Å²) in [6.45, 7) is 0.663. The molecular weight excluding hydrogens is 318 g/mol. The second-order valence-electron chi connectivity index (χ2n) is 5.47. The van der Waals surface area contributed by atoms with Crippen molar-refractivity contribution < 1.29 is 4.79 Å². The third kappa shape index (κ3) is 2.94. The minimum Gasteiger partial charge on any atom is -0.304 e. The molecule has 2 heterocycles. The van der Waals surface area contributed by atoms with E-state index in [4.69, 9.17) is 0 Å². The molecule has 0 aliphatic rings. The van der Waals surface area contributed by atoms with Crippen molar-refractivity contribution in [1.29, 1.82) is 0 Å². The lowest BCUT2D eigenvalue weighted by Gasteiger charge is -2.06. The maximum absolute atomic E-state index is 12.1. The Hall–Kier alpha value is -2.92. The van der Waals surface area contributed by atoms with Crippen LogP contribution in [-0.4, -0.2) is 15.7 Å². The molecular formula is C19H15N3OS. The molecule has 0 fully saturated rings. The molecule has 4 rings (SSSR count). The van der Waals surface area contributed by atoms with Crippen molar-refractivity contribution >= 4 is 33.8 Å². The summed E-state index contributed by atoms with van der Waals surface area (Å²) in [7, 11) is 0. The first kappa shape index (κ1) is 14.7. The van der Waals surface area contributed by atoms with Crippen LogP contribution in [0.5, 0.6) is 0 Å². The molecule has 1 amide bonds. The second kappa shape index (κ2) is 6.29. The number of carbonyl (C=O) groups is 1. The van der Waals surface area contributed by atoms with E-state index < -0.39 is 0 Å². The van der Waals surface area contributed by atoms with Crippen LogP contribution in [-0.2, 0) is 6.54 Å². The molecule has 0 saturated heterocycles. The van der Waals surface area contributed by atoms with Crippen molar-refractivity contribution in [2.45, 2.75) is 6.54 Å². The van der Waals surface area contributed by atoms with Crippen molar-refractivity contribution in [3.8, 4) is 0 Å². The highest BCUT2D eigenvalue weighted by Crippen LogP contribution is 2.19. The van der Waals surface area contributed by atoms with Gasteiger partial charge in [-0.1, -0.05) is 48.5 Å². The first-order chi connectivity index (χ1) is 11.8. The van der Waals surface area contributed by atoms with E-state index >= 15 is 0 Å². The first-order valence-corrected chi connectivity index (χ1v) is 8.52. The van der Waals surface area contributed by atoms with E-state index in [0.29, 0.717) is 17.2 Å². The van der Waals surface area contributed by atoms with Crippen LogP contribution in [0.15, 0.2) is 72.2 Å². The van der Waals surface area contributed by atoms with E-state index in [1.165, 1.54) is 27.7 Å². The Kier molecular flexibility index (Phi) is 3.84. The molecule has 4 aromatic rings. The fourth-order valence-corrected chi connectivity index (χ4v) is 3.33. The van der Waals surface area contributed by atoms with Crippen molar-refractivity contribution in [3.05, 3.63) is 82.7 Å². The van der Waals surface area contributed by atoms with Gasteiger partial charge in [0.1, 0.15) is 0 Å². The summed E-state index contributed by atoms with van der Waals surface area (Å²) in [6, 6.07) is 20.0. The number of aromatic nitrogens is 2. The summed E-state index contributed by atoms with van der Waals surface area (Å²) in [5.74, 6) is 0.439. The number of hydrogen-bond acceptors (Lipinski definition) is 3. The Morgan fingerprint density at radius 1 is 1.04 bits per heavy atom. The highest BCUT2D eigenvalue weighted by molar-refractivity contribution is 7.12. The van der Waals surface area contributed by atoms with Gasteiger partial charge < -0.3 is 5.32 Å².